The number of hydrogen-bond donors (Lipinski definition) is 0. The molecule has 0 fully saturated rings. The van der Waals surface area contributed by atoms with E-state index in [1.807, 2.05) is 61.0 Å². The lowest BCUT2D eigenvalue weighted by Crippen LogP contribution is -2.21. The normalized spacial score (nSPS) is 19.2. The van der Waals surface area contributed by atoms with Crippen LogP contribution in [0.1, 0.15) is 41.8 Å². The molecule has 0 N–H and O–H groups in total. The minimum absolute atomic E-state index is 0.120. The van der Waals surface area contributed by atoms with Crippen LogP contribution in [0.4, 0.5) is 13.2 Å². The Labute approximate surface area is 196 Å². The molecule has 4 rings (SSSR count). The molecular formula is C27H24F3N3O. The van der Waals surface area contributed by atoms with Crippen LogP contribution in [0.2, 0.25) is 0 Å². The van der Waals surface area contributed by atoms with Crippen LogP contribution in [0.5, 0.6) is 0 Å². The fraction of sp³-hybridized carbons (Fsp3) is 0.259. The van der Waals surface area contributed by atoms with Gasteiger partial charge in [0.25, 0.3) is 0 Å². The van der Waals surface area contributed by atoms with E-state index in [4.69, 9.17) is 4.74 Å². The average Bonchev–Trinajstić information content (AvgIpc) is 3.26. The molecule has 0 spiro atoms. The molecule has 34 heavy (non-hydrogen) atoms. The van der Waals surface area contributed by atoms with Crippen molar-refractivity contribution in [2.24, 2.45) is 12.5 Å². The smallest absolute Gasteiger partial charge is 0.363 e. The lowest BCUT2D eigenvalue weighted by Gasteiger charge is -2.31. The highest BCUT2D eigenvalue weighted by atomic mass is 19.4. The van der Waals surface area contributed by atoms with Gasteiger partial charge in [-0.2, -0.15) is 18.4 Å². The van der Waals surface area contributed by atoms with Gasteiger partial charge in [-0.05, 0) is 47.8 Å². The van der Waals surface area contributed by atoms with Crippen molar-refractivity contribution in [2.45, 2.75) is 32.2 Å². The summed E-state index contributed by atoms with van der Waals surface area (Å²) in [6.07, 6.45) is 3.01. The first-order valence-corrected chi connectivity index (χ1v) is 10.8. The molecule has 1 heterocycles. The highest BCUT2D eigenvalue weighted by Gasteiger charge is 2.34. The molecule has 1 aromatic heterocycles. The molecule has 0 radical (unpaired) electrons. The zero-order valence-corrected chi connectivity index (χ0v) is 18.9. The van der Waals surface area contributed by atoms with E-state index in [9.17, 15) is 18.4 Å². The molecule has 0 bridgehead atoms. The van der Waals surface area contributed by atoms with E-state index in [1.165, 1.54) is 12.1 Å². The van der Waals surface area contributed by atoms with Gasteiger partial charge in [0.15, 0.2) is 0 Å². The zero-order valence-electron chi connectivity index (χ0n) is 18.9. The fourth-order valence-corrected chi connectivity index (χ4v) is 4.07. The van der Waals surface area contributed by atoms with E-state index in [-0.39, 0.29) is 6.61 Å². The average molecular weight is 464 g/mol. The molecule has 1 aliphatic carbocycles. The molecular weight excluding hydrogens is 439 g/mol. The summed E-state index contributed by atoms with van der Waals surface area (Å²) in [4.78, 5) is 4.21. The maximum Gasteiger partial charge on any atom is 0.416 e. The third-order valence-electron chi connectivity index (χ3n) is 6.11. The van der Waals surface area contributed by atoms with Gasteiger partial charge >= 0.3 is 6.18 Å². The molecule has 4 nitrogen and oxygen atoms in total. The van der Waals surface area contributed by atoms with Gasteiger partial charge in [-0.3, -0.25) is 0 Å². The Balaban J connectivity index is 1.66. The van der Waals surface area contributed by atoms with Crippen LogP contribution in [0.3, 0.4) is 0 Å². The second-order valence-corrected chi connectivity index (χ2v) is 8.59. The number of aromatic nitrogens is 2. The van der Waals surface area contributed by atoms with Gasteiger partial charge in [0.05, 0.1) is 41.9 Å². The van der Waals surface area contributed by atoms with Crippen LogP contribution < -0.4 is 0 Å². The second-order valence-electron chi connectivity index (χ2n) is 8.59. The summed E-state index contributed by atoms with van der Waals surface area (Å²) in [6, 6.07) is 17.2. The van der Waals surface area contributed by atoms with E-state index in [1.54, 1.807) is 12.5 Å². The summed E-state index contributed by atoms with van der Waals surface area (Å²) in [5.41, 5.74) is 2.80. The van der Waals surface area contributed by atoms with Crippen LogP contribution >= 0.6 is 0 Å². The number of rotatable bonds is 6. The van der Waals surface area contributed by atoms with Gasteiger partial charge in [0, 0.05) is 7.05 Å². The topological polar surface area (TPSA) is 50.8 Å². The number of nitrogens with zero attached hydrogens (tertiary/aromatic N) is 3. The summed E-state index contributed by atoms with van der Waals surface area (Å²) in [5, 5.41) is 9.92. The Hall–Kier alpha value is -3.63. The molecule has 0 saturated heterocycles. The number of allylic oxidation sites excluding steroid dienone is 2. The van der Waals surface area contributed by atoms with Crippen LogP contribution in [-0.2, 0) is 24.6 Å². The summed E-state index contributed by atoms with van der Waals surface area (Å²) in [5.74, 6) is 0. The van der Waals surface area contributed by atoms with Crippen LogP contribution in [-0.4, -0.2) is 9.55 Å². The summed E-state index contributed by atoms with van der Waals surface area (Å²) in [6.45, 7) is 2.04. The Morgan fingerprint density at radius 2 is 1.85 bits per heavy atom. The van der Waals surface area contributed by atoms with Gasteiger partial charge in [0.1, 0.15) is 6.10 Å². The van der Waals surface area contributed by atoms with Crippen LogP contribution in [0.15, 0.2) is 84.8 Å². The number of halogens is 3. The number of imidazole rings is 1. The molecule has 2 unspecified atom stereocenters. The number of benzene rings is 2. The van der Waals surface area contributed by atoms with E-state index >= 15 is 0 Å². The quantitative estimate of drug-likeness (QED) is 0.412. The lowest BCUT2D eigenvalue weighted by atomic mass is 9.72. The lowest BCUT2D eigenvalue weighted by molar-refractivity contribution is -0.137. The SMILES string of the molecule is Cn1cncc1C(OCc1ccc(C(F)(F)F)cc1)C1=CCC(C)(C#N)C(c2ccccc2)=C1. The van der Waals surface area contributed by atoms with Crippen molar-refractivity contribution in [1.29, 1.82) is 5.26 Å². The van der Waals surface area contributed by atoms with E-state index in [0.717, 1.165) is 34.5 Å². The number of nitriles is 1. The predicted octanol–water partition coefficient (Wildman–Crippen LogP) is 6.64. The Bertz CT molecular complexity index is 1250. The van der Waals surface area contributed by atoms with Crippen LogP contribution in [0.25, 0.3) is 5.57 Å². The molecule has 2 aromatic carbocycles. The predicted molar refractivity (Wildman–Crippen MR) is 123 cm³/mol. The number of hydrogen-bond acceptors (Lipinski definition) is 3. The first kappa shape index (κ1) is 23.5. The first-order chi connectivity index (χ1) is 16.2. The highest BCUT2D eigenvalue weighted by molar-refractivity contribution is 5.76. The number of ether oxygens (including phenoxy) is 1. The highest BCUT2D eigenvalue weighted by Crippen LogP contribution is 2.44. The van der Waals surface area contributed by atoms with Crippen molar-refractivity contribution in [2.75, 3.05) is 0 Å². The zero-order chi connectivity index (χ0) is 24.3. The van der Waals surface area contributed by atoms with Crippen LogP contribution in [0, 0.1) is 16.7 Å². The Morgan fingerprint density at radius 3 is 2.44 bits per heavy atom. The van der Waals surface area contributed by atoms with E-state index < -0.39 is 23.3 Å². The van der Waals surface area contributed by atoms with Crippen molar-refractivity contribution >= 4 is 5.57 Å². The maximum atomic E-state index is 12.9. The minimum Gasteiger partial charge on any atom is -0.363 e. The number of aryl methyl sites for hydroxylation is 1. The van der Waals surface area contributed by atoms with Gasteiger partial charge in [-0.1, -0.05) is 54.6 Å². The standard InChI is InChI=1S/C27H24F3N3O/c1-26(17-31)13-12-21(14-23(26)20-6-4-3-5-7-20)25(24-15-32-18-33(24)2)34-16-19-8-10-22(11-9-19)27(28,29)30/h3-12,14-15,18,25H,13,16H2,1-2H3. The monoisotopic (exact) mass is 463 g/mol. The first-order valence-electron chi connectivity index (χ1n) is 10.8. The summed E-state index contributed by atoms with van der Waals surface area (Å²) in [7, 11) is 1.86. The third-order valence-corrected chi connectivity index (χ3v) is 6.11. The van der Waals surface area contributed by atoms with Crippen molar-refractivity contribution in [3.05, 3.63) is 107 Å². The minimum atomic E-state index is -4.38. The molecule has 0 aliphatic heterocycles. The Kier molecular flexibility index (Phi) is 6.45. The van der Waals surface area contributed by atoms with Crippen molar-refractivity contribution in [3.63, 3.8) is 0 Å². The molecule has 0 saturated carbocycles. The molecule has 0 amide bonds. The van der Waals surface area contributed by atoms with Gasteiger partial charge in [-0.15, -0.1) is 0 Å². The fourth-order valence-electron chi connectivity index (χ4n) is 4.07. The molecule has 1 aliphatic rings. The van der Waals surface area contributed by atoms with Gasteiger partial charge < -0.3 is 9.30 Å². The Morgan fingerprint density at radius 1 is 1.15 bits per heavy atom. The largest absolute Gasteiger partial charge is 0.416 e. The van der Waals surface area contributed by atoms with Crippen molar-refractivity contribution in [3.8, 4) is 6.07 Å². The third kappa shape index (κ3) is 4.82. The van der Waals surface area contributed by atoms with Crippen molar-refractivity contribution < 1.29 is 17.9 Å². The second kappa shape index (κ2) is 9.32. The van der Waals surface area contributed by atoms with Crippen molar-refractivity contribution in [1.82, 2.24) is 9.55 Å². The maximum absolute atomic E-state index is 12.9. The van der Waals surface area contributed by atoms with Gasteiger partial charge in [0.2, 0.25) is 0 Å². The summed E-state index contributed by atoms with van der Waals surface area (Å²) < 4.78 is 46.8. The summed E-state index contributed by atoms with van der Waals surface area (Å²) >= 11 is 0. The van der Waals surface area contributed by atoms with Gasteiger partial charge in [-0.25, -0.2) is 4.98 Å². The molecule has 3 aromatic rings. The van der Waals surface area contributed by atoms with E-state index in [2.05, 4.69) is 11.1 Å². The molecule has 7 heteroatoms. The van der Waals surface area contributed by atoms with E-state index in [0.29, 0.717) is 12.0 Å². The molecule has 174 valence electrons. The molecule has 2 atom stereocenters. The number of alkyl halides is 3.